The van der Waals surface area contributed by atoms with Crippen molar-refractivity contribution >= 4 is 19.5 Å². The fraction of sp³-hybridized carbons (Fsp3) is 0.857. The quantitative estimate of drug-likeness (QED) is 0.382. The first kappa shape index (κ1) is 29.3. The van der Waals surface area contributed by atoms with Gasteiger partial charge in [0, 0.05) is 7.05 Å². The van der Waals surface area contributed by atoms with Gasteiger partial charge < -0.3 is 14.2 Å². The van der Waals surface area contributed by atoms with Crippen LogP contribution in [0, 0.1) is 0 Å². The van der Waals surface area contributed by atoms with E-state index in [2.05, 4.69) is 14.2 Å². The van der Waals surface area contributed by atoms with Crippen molar-refractivity contribution in [3.05, 3.63) is 0 Å². The van der Waals surface area contributed by atoms with Crippen LogP contribution >= 0.6 is 7.52 Å². The van der Waals surface area contributed by atoms with Crippen LogP contribution in [0.15, 0.2) is 9.76 Å². The summed E-state index contributed by atoms with van der Waals surface area (Å²) in [4.78, 5) is 2.61. The third-order valence-corrected chi connectivity index (χ3v) is 7.63. The summed E-state index contributed by atoms with van der Waals surface area (Å²) in [5.74, 6) is -7.55. The number of guanidine groups is 1. The summed E-state index contributed by atoms with van der Waals surface area (Å²) in [6.07, 6.45) is -28.1. The van der Waals surface area contributed by atoms with Crippen LogP contribution < -0.4 is 5.32 Å². The van der Waals surface area contributed by atoms with E-state index in [0.717, 1.165) is 25.8 Å². The molecule has 35 heavy (non-hydrogen) atoms. The van der Waals surface area contributed by atoms with E-state index < -0.39 is 61.0 Å². The lowest BCUT2D eigenvalue weighted by molar-refractivity contribution is -0.520. The van der Waals surface area contributed by atoms with E-state index in [1.54, 1.807) is 0 Å². The molecule has 2 aliphatic heterocycles. The second-order valence-electron chi connectivity index (χ2n) is 7.41. The minimum atomic E-state index is -7.04. The van der Waals surface area contributed by atoms with Gasteiger partial charge in [0.05, 0.1) is 6.61 Å². The molecule has 0 aliphatic carbocycles. The summed E-state index contributed by atoms with van der Waals surface area (Å²) in [5.41, 5.74) is -6.39. The lowest BCUT2D eigenvalue weighted by Crippen LogP contribution is -2.74. The Bertz CT molecular complexity index is 925. The fourth-order valence-corrected chi connectivity index (χ4v) is 4.61. The number of aliphatic imine (C=N–C) groups is 1. The van der Waals surface area contributed by atoms with Crippen LogP contribution in [0.4, 0.5) is 52.7 Å². The Balaban J connectivity index is 2.81. The summed E-state index contributed by atoms with van der Waals surface area (Å²) in [5, 5.41) is -0.395. The molecule has 2 aliphatic rings. The Kier molecular flexibility index (Phi) is 6.71. The van der Waals surface area contributed by atoms with Gasteiger partial charge in [-0.3, -0.25) is 14.6 Å². The van der Waals surface area contributed by atoms with Crippen molar-refractivity contribution in [1.29, 1.82) is 0 Å². The molecule has 8 nitrogen and oxygen atoms in total. The van der Waals surface area contributed by atoms with Crippen LogP contribution in [0.25, 0.3) is 0 Å². The van der Waals surface area contributed by atoms with Gasteiger partial charge in [-0.15, -0.1) is 0 Å². The summed E-state index contributed by atoms with van der Waals surface area (Å²) in [6.45, 7) is 3.34. The Labute approximate surface area is 187 Å². The molecular weight excluding hydrogens is 547 g/mol. The number of halogens is 12. The summed E-state index contributed by atoms with van der Waals surface area (Å²) >= 11 is 0. The van der Waals surface area contributed by atoms with Crippen molar-refractivity contribution < 1.29 is 71.2 Å². The molecule has 0 saturated heterocycles. The van der Waals surface area contributed by atoms with Gasteiger partial charge in [-0.1, -0.05) is 0 Å². The average molecular weight is 562 g/mol. The van der Waals surface area contributed by atoms with Gasteiger partial charge in [-0.25, -0.2) is 0 Å². The van der Waals surface area contributed by atoms with Crippen molar-refractivity contribution in [3.63, 3.8) is 0 Å². The zero-order valence-corrected chi connectivity index (χ0v) is 18.6. The van der Waals surface area contributed by atoms with E-state index in [-0.39, 0.29) is 6.61 Å². The molecule has 0 unspecified atom stereocenters. The maximum absolute atomic E-state index is 13.4. The standard InChI is InChI=1S/C14H15F12N4O4P/c1-5-32-35(31)8(2,3)30(4)6(29-35)27-7-28-9(11(15,16)17,12(18,19)20)34-10(33-7,13(21,22)23)14(24,25)26/h5H2,1-4H3,(H,27,28,29,31)/t35-/m0/s1. The third-order valence-electron chi connectivity index (χ3n) is 4.88. The highest BCUT2D eigenvalue weighted by Gasteiger charge is 2.87. The Morgan fingerprint density at radius 2 is 1.40 bits per heavy atom. The molecule has 21 heteroatoms. The maximum atomic E-state index is 13.4. The maximum Gasteiger partial charge on any atom is 0.465 e. The molecule has 0 bridgehead atoms. The van der Waals surface area contributed by atoms with Gasteiger partial charge in [0.1, 0.15) is 5.28 Å². The molecule has 0 fully saturated rings. The van der Waals surface area contributed by atoms with Crippen LogP contribution in [-0.4, -0.2) is 72.0 Å². The molecule has 0 aromatic carbocycles. The molecule has 0 amide bonds. The molecule has 0 spiro atoms. The predicted octanol–water partition coefficient (Wildman–Crippen LogP) is 4.89. The Hall–Kier alpha value is -1.95. The van der Waals surface area contributed by atoms with Gasteiger partial charge in [0.2, 0.25) is 5.96 Å². The predicted molar refractivity (Wildman–Crippen MR) is 90.9 cm³/mol. The lowest BCUT2D eigenvalue weighted by atomic mass is 10.1. The highest BCUT2D eigenvalue weighted by Crippen LogP contribution is 2.65. The van der Waals surface area contributed by atoms with Crippen molar-refractivity contribution in [3.8, 4) is 0 Å². The highest BCUT2D eigenvalue weighted by molar-refractivity contribution is 7.59. The number of hydrogen-bond donors (Lipinski definition) is 1. The molecule has 0 saturated carbocycles. The minimum Gasteiger partial charge on any atom is -0.415 e. The van der Waals surface area contributed by atoms with Crippen LogP contribution in [0.3, 0.4) is 0 Å². The number of nitrogens with one attached hydrogen (secondary N) is 1. The van der Waals surface area contributed by atoms with E-state index in [1.807, 2.05) is 4.99 Å². The molecule has 2 rings (SSSR count). The van der Waals surface area contributed by atoms with Crippen molar-refractivity contribution in [2.45, 2.75) is 62.3 Å². The zero-order valence-electron chi connectivity index (χ0n) is 17.7. The molecular formula is C14H15F12N4O4P. The molecule has 0 aromatic heterocycles. The topological polar surface area (TPSA) is 84.8 Å². The number of nitrogens with zero attached hydrogens (tertiary/aromatic N) is 3. The smallest absolute Gasteiger partial charge is 0.415 e. The van der Waals surface area contributed by atoms with Gasteiger partial charge in [-0.2, -0.15) is 62.4 Å². The van der Waals surface area contributed by atoms with Gasteiger partial charge in [0.15, 0.2) is 0 Å². The van der Waals surface area contributed by atoms with Crippen molar-refractivity contribution in [1.82, 2.24) is 10.2 Å². The SMILES string of the molecule is CCO[P@]1(=O)N=C(NC2=NC(C(F)(F)F)(C(F)(F)F)OC(C(F)(F)F)(C(F)(F)F)O2)N(C)C1(C)C. The van der Waals surface area contributed by atoms with Gasteiger partial charge >= 0.3 is 43.7 Å². The number of alkyl halides is 12. The molecule has 1 N–H and O–H groups in total. The van der Waals surface area contributed by atoms with Crippen LogP contribution in [0.2, 0.25) is 0 Å². The minimum absolute atomic E-state index is 0.285. The van der Waals surface area contributed by atoms with E-state index >= 15 is 0 Å². The first-order valence-electron chi connectivity index (χ1n) is 8.93. The average Bonchev–Trinajstić information content (AvgIpc) is 2.78. The van der Waals surface area contributed by atoms with Crippen molar-refractivity contribution in [2.75, 3.05) is 13.7 Å². The number of amidine groups is 1. The molecule has 0 aromatic rings. The summed E-state index contributed by atoms with van der Waals surface area (Å²) < 4.78 is 189. The molecule has 0 radical (unpaired) electrons. The first-order chi connectivity index (χ1) is 15.3. The Morgan fingerprint density at radius 3 is 1.77 bits per heavy atom. The monoisotopic (exact) mass is 562 g/mol. The van der Waals surface area contributed by atoms with E-state index in [1.165, 1.54) is 12.2 Å². The van der Waals surface area contributed by atoms with Crippen LogP contribution in [0.5, 0.6) is 0 Å². The highest BCUT2D eigenvalue weighted by atomic mass is 31.2. The third kappa shape index (κ3) is 4.30. The fourth-order valence-electron chi connectivity index (χ4n) is 2.73. The largest absolute Gasteiger partial charge is 0.465 e. The van der Waals surface area contributed by atoms with Gasteiger partial charge in [0.25, 0.3) is 6.02 Å². The molecule has 2 heterocycles. The normalized spacial score (nSPS) is 26.7. The van der Waals surface area contributed by atoms with E-state index in [4.69, 9.17) is 4.52 Å². The zero-order chi connectivity index (χ0) is 27.7. The van der Waals surface area contributed by atoms with E-state index in [0.29, 0.717) is 0 Å². The molecule has 1 atom stereocenters. The lowest BCUT2D eigenvalue weighted by Gasteiger charge is -2.46. The number of ether oxygens (including phenoxy) is 2. The number of hydrogen-bond acceptors (Lipinski definition) is 7. The van der Waals surface area contributed by atoms with Gasteiger partial charge in [-0.05, 0) is 20.8 Å². The van der Waals surface area contributed by atoms with Crippen molar-refractivity contribution in [2.24, 2.45) is 9.76 Å². The van der Waals surface area contributed by atoms with Crippen LogP contribution in [0.1, 0.15) is 20.8 Å². The summed E-state index contributed by atoms with van der Waals surface area (Å²) in [6, 6.07) is -2.58. The second-order valence-corrected chi connectivity index (χ2v) is 10.0. The number of rotatable bonds is 2. The second kappa shape index (κ2) is 8.03. The first-order valence-corrected chi connectivity index (χ1v) is 10.5. The molecule has 204 valence electrons. The Morgan fingerprint density at radius 1 is 0.943 bits per heavy atom. The van der Waals surface area contributed by atoms with Crippen LogP contribution in [-0.2, 0) is 18.6 Å². The summed E-state index contributed by atoms with van der Waals surface area (Å²) in [7, 11) is -3.26. The van der Waals surface area contributed by atoms with E-state index in [9.17, 15) is 57.3 Å².